The van der Waals surface area contributed by atoms with Crippen LogP contribution in [0.5, 0.6) is 0 Å². The molecule has 9 heteroatoms. The third-order valence-corrected chi connectivity index (χ3v) is 6.99. The van der Waals surface area contributed by atoms with Gasteiger partial charge in [-0.25, -0.2) is 4.79 Å². The van der Waals surface area contributed by atoms with Crippen LogP contribution in [0.2, 0.25) is 0 Å². The molecule has 1 atom stereocenters. The molecule has 0 unspecified atom stereocenters. The van der Waals surface area contributed by atoms with E-state index in [4.69, 9.17) is 13.9 Å². The molecule has 8 nitrogen and oxygen atoms in total. The van der Waals surface area contributed by atoms with Crippen molar-refractivity contribution in [3.63, 3.8) is 0 Å². The minimum Gasteiger partial charge on any atom is -0.460 e. The number of hydrogen-bond acceptors (Lipinski definition) is 8. The van der Waals surface area contributed by atoms with Gasteiger partial charge >= 0.3 is 5.97 Å². The number of thioether (sulfide) groups is 1. The van der Waals surface area contributed by atoms with Crippen LogP contribution < -0.4 is 4.90 Å². The zero-order valence-corrected chi connectivity index (χ0v) is 19.1. The fraction of sp³-hybridized carbons (Fsp3) is 0.522. The van der Waals surface area contributed by atoms with Gasteiger partial charge in [0, 0.05) is 36.4 Å². The number of fused-ring (bicyclic) bond motifs is 1. The van der Waals surface area contributed by atoms with E-state index in [1.54, 1.807) is 18.7 Å². The van der Waals surface area contributed by atoms with Gasteiger partial charge in [0.25, 0.3) is 0 Å². The highest BCUT2D eigenvalue weighted by Crippen LogP contribution is 2.34. The molecule has 2 fully saturated rings. The third-order valence-electron chi connectivity index (χ3n) is 6.00. The minimum absolute atomic E-state index is 0.191. The molecule has 1 aromatic carbocycles. The van der Waals surface area contributed by atoms with E-state index in [2.05, 4.69) is 19.7 Å². The number of hydrogen-bond donors (Lipinski definition) is 0. The lowest BCUT2D eigenvalue weighted by Gasteiger charge is -2.20. The Morgan fingerprint density at radius 1 is 1.22 bits per heavy atom. The fourth-order valence-electron chi connectivity index (χ4n) is 4.43. The molecule has 2 saturated heterocycles. The summed E-state index contributed by atoms with van der Waals surface area (Å²) in [7, 11) is 0. The Balaban J connectivity index is 1.44. The summed E-state index contributed by atoms with van der Waals surface area (Å²) in [6, 6.07) is 7.70. The first-order valence-corrected chi connectivity index (χ1v) is 12.3. The first kappa shape index (κ1) is 21.3. The Morgan fingerprint density at radius 2 is 2.06 bits per heavy atom. The van der Waals surface area contributed by atoms with Crippen molar-refractivity contribution in [2.24, 2.45) is 0 Å². The second-order valence-corrected chi connectivity index (χ2v) is 9.08. The van der Waals surface area contributed by atoms with E-state index in [1.165, 1.54) is 12.8 Å². The number of furan rings is 1. The lowest BCUT2D eigenvalue weighted by Crippen LogP contribution is -2.25. The van der Waals surface area contributed by atoms with Crippen LogP contribution in [0.3, 0.4) is 0 Å². The van der Waals surface area contributed by atoms with Crippen molar-refractivity contribution in [1.29, 1.82) is 0 Å². The number of para-hydroxylation sites is 1. The van der Waals surface area contributed by atoms with Crippen LogP contribution in [-0.4, -0.2) is 53.1 Å². The largest absolute Gasteiger partial charge is 0.460 e. The summed E-state index contributed by atoms with van der Waals surface area (Å²) < 4.78 is 19.2. The highest BCUT2D eigenvalue weighted by atomic mass is 32.2. The second-order valence-electron chi connectivity index (χ2n) is 8.14. The van der Waals surface area contributed by atoms with Gasteiger partial charge in [-0.2, -0.15) is 0 Å². The first-order valence-electron chi connectivity index (χ1n) is 11.3. The molecule has 0 spiro atoms. The number of carbonyl (C=O) groups is 1. The summed E-state index contributed by atoms with van der Waals surface area (Å²) in [5.74, 6) is 1.29. The smallest absolute Gasteiger partial charge is 0.374 e. The van der Waals surface area contributed by atoms with Crippen LogP contribution in [0.4, 0.5) is 5.95 Å². The van der Waals surface area contributed by atoms with E-state index < -0.39 is 5.97 Å². The third kappa shape index (κ3) is 4.23. The van der Waals surface area contributed by atoms with Crippen molar-refractivity contribution in [2.45, 2.75) is 56.2 Å². The van der Waals surface area contributed by atoms with Gasteiger partial charge in [-0.3, -0.25) is 4.57 Å². The lowest BCUT2D eigenvalue weighted by molar-refractivity contribution is 0.0491. The summed E-state index contributed by atoms with van der Waals surface area (Å²) in [6.45, 7) is 5.68. The molecule has 32 heavy (non-hydrogen) atoms. The maximum Gasteiger partial charge on any atom is 0.374 e. The Hall–Kier alpha value is -2.52. The monoisotopic (exact) mass is 456 g/mol. The van der Waals surface area contributed by atoms with Gasteiger partial charge in [-0.1, -0.05) is 30.0 Å². The number of benzene rings is 1. The van der Waals surface area contributed by atoms with Crippen LogP contribution in [0.15, 0.2) is 33.8 Å². The second kappa shape index (κ2) is 9.54. The average molecular weight is 457 g/mol. The van der Waals surface area contributed by atoms with E-state index in [0.717, 1.165) is 61.1 Å². The molecule has 2 aliphatic rings. The van der Waals surface area contributed by atoms with Crippen LogP contribution in [0.1, 0.15) is 48.7 Å². The van der Waals surface area contributed by atoms with Crippen molar-refractivity contribution < 1.29 is 18.7 Å². The van der Waals surface area contributed by atoms with Crippen molar-refractivity contribution in [3.05, 3.63) is 35.6 Å². The van der Waals surface area contributed by atoms with Crippen molar-refractivity contribution in [3.8, 4) is 0 Å². The molecule has 0 N–H and O–H groups in total. The molecular formula is C23H28N4O4S. The number of rotatable bonds is 8. The van der Waals surface area contributed by atoms with Gasteiger partial charge in [0.15, 0.2) is 5.16 Å². The number of ether oxygens (including phenoxy) is 2. The Bertz CT molecular complexity index is 1080. The standard InChI is InChI=1S/C23H28N4O4S/c1-2-29-21(28)20-18(17-9-3-4-10-19(17)31-20)15-32-23-25-24-22(26-11-5-6-12-26)27(23)14-16-8-7-13-30-16/h3-4,9-10,16H,2,5-8,11-15H2,1H3/t16-/m0/s1. The molecule has 0 saturated carbocycles. The number of carbonyl (C=O) groups excluding carboxylic acids is 1. The molecule has 2 aromatic heterocycles. The summed E-state index contributed by atoms with van der Waals surface area (Å²) >= 11 is 1.57. The number of anilines is 1. The fourth-order valence-corrected chi connectivity index (χ4v) is 5.40. The number of nitrogens with zero attached hydrogens (tertiary/aromatic N) is 4. The van der Waals surface area contributed by atoms with Gasteiger partial charge < -0.3 is 18.8 Å². The highest BCUT2D eigenvalue weighted by molar-refractivity contribution is 7.98. The van der Waals surface area contributed by atoms with E-state index in [-0.39, 0.29) is 11.9 Å². The van der Waals surface area contributed by atoms with Gasteiger partial charge in [-0.15, -0.1) is 10.2 Å². The summed E-state index contributed by atoms with van der Waals surface area (Å²) in [5.41, 5.74) is 1.52. The minimum atomic E-state index is -0.433. The summed E-state index contributed by atoms with van der Waals surface area (Å²) in [5, 5.41) is 10.8. The maximum atomic E-state index is 12.5. The zero-order valence-electron chi connectivity index (χ0n) is 18.3. The van der Waals surface area contributed by atoms with E-state index in [0.29, 0.717) is 17.9 Å². The molecule has 3 aromatic rings. The quantitative estimate of drug-likeness (QED) is 0.367. The molecule has 0 aliphatic carbocycles. The van der Waals surface area contributed by atoms with E-state index >= 15 is 0 Å². The molecule has 170 valence electrons. The van der Waals surface area contributed by atoms with Gasteiger partial charge in [0.1, 0.15) is 5.58 Å². The normalized spacial score (nSPS) is 18.7. The van der Waals surface area contributed by atoms with E-state index in [1.807, 2.05) is 24.3 Å². The predicted octanol–water partition coefficient (Wildman–Crippen LogP) is 4.27. The van der Waals surface area contributed by atoms with Gasteiger partial charge in [-0.05, 0) is 38.7 Å². The van der Waals surface area contributed by atoms with Crippen LogP contribution in [0, 0.1) is 0 Å². The Kier molecular flexibility index (Phi) is 6.36. The molecular weight excluding hydrogens is 428 g/mol. The topological polar surface area (TPSA) is 82.6 Å². The lowest BCUT2D eigenvalue weighted by atomic mass is 10.1. The average Bonchev–Trinajstić information content (AvgIpc) is 3.59. The number of aromatic nitrogens is 3. The molecule has 0 bridgehead atoms. The Morgan fingerprint density at radius 3 is 2.84 bits per heavy atom. The molecule has 5 rings (SSSR count). The maximum absolute atomic E-state index is 12.5. The van der Waals surface area contributed by atoms with Gasteiger partial charge in [0.05, 0.1) is 19.3 Å². The van der Waals surface area contributed by atoms with Crippen molar-refractivity contribution in [2.75, 3.05) is 31.2 Å². The predicted molar refractivity (Wildman–Crippen MR) is 122 cm³/mol. The zero-order chi connectivity index (χ0) is 21.9. The summed E-state index contributed by atoms with van der Waals surface area (Å²) in [6.07, 6.45) is 4.70. The molecule has 0 amide bonds. The summed E-state index contributed by atoms with van der Waals surface area (Å²) in [4.78, 5) is 14.8. The molecule has 0 radical (unpaired) electrons. The first-order chi connectivity index (χ1) is 15.7. The molecule has 4 heterocycles. The van der Waals surface area contributed by atoms with Crippen LogP contribution in [-0.2, 0) is 21.8 Å². The van der Waals surface area contributed by atoms with E-state index in [9.17, 15) is 4.79 Å². The Labute approximate surface area is 191 Å². The van der Waals surface area contributed by atoms with Crippen molar-refractivity contribution in [1.82, 2.24) is 14.8 Å². The van der Waals surface area contributed by atoms with Gasteiger partial charge in [0.2, 0.25) is 11.7 Å². The SMILES string of the molecule is CCOC(=O)c1oc2ccccc2c1CSc1nnc(N2CCCC2)n1C[C@@H]1CCCO1. The number of esters is 1. The van der Waals surface area contributed by atoms with Crippen LogP contribution in [0.25, 0.3) is 11.0 Å². The van der Waals surface area contributed by atoms with Crippen LogP contribution >= 0.6 is 11.8 Å². The molecule has 2 aliphatic heterocycles. The van der Waals surface area contributed by atoms with Crippen molar-refractivity contribution >= 4 is 34.6 Å². The highest BCUT2D eigenvalue weighted by Gasteiger charge is 2.27.